The standard InChI is InChI=1S/C17H14F3NO2/c1-22-14-4-2-3-12(9-14)7-8-23-15-6-5-13(11-21)16(10-15)17(18,19)20/h2-6,9-10H,7-8H2,1H3. The van der Waals surface area contributed by atoms with Crippen molar-refractivity contribution in [3.8, 4) is 17.6 Å². The lowest BCUT2D eigenvalue weighted by Crippen LogP contribution is -2.09. The number of benzene rings is 2. The summed E-state index contributed by atoms with van der Waals surface area (Å²) in [4.78, 5) is 0. The molecule has 0 amide bonds. The second kappa shape index (κ2) is 7.05. The van der Waals surface area contributed by atoms with E-state index in [2.05, 4.69) is 0 Å². The van der Waals surface area contributed by atoms with Gasteiger partial charge in [0.1, 0.15) is 11.5 Å². The highest BCUT2D eigenvalue weighted by Gasteiger charge is 2.34. The highest BCUT2D eigenvalue weighted by atomic mass is 19.4. The summed E-state index contributed by atoms with van der Waals surface area (Å²) in [5.74, 6) is 0.791. The van der Waals surface area contributed by atoms with Crippen LogP contribution in [0.3, 0.4) is 0 Å². The number of alkyl halides is 3. The molecular formula is C17H14F3NO2. The minimum atomic E-state index is -4.59. The van der Waals surface area contributed by atoms with Gasteiger partial charge < -0.3 is 9.47 Å². The maximum absolute atomic E-state index is 12.9. The summed E-state index contributed by atoms with van der Waals surface area (Å²) in [5, 5.41) is 8.74. The van der Waals surface area contributed by atoms with E-state index >= 15 is 0 Å². The van der Waals surface area contributed by atoms with Crippen molar-refractivity contribution >= 4 is 0 Å². The van der Waals surface area contributed by atoms with E-state index in [9.17, 15) is 13.2 Å². The smallest absolute Gasteiger partial charge is 0.417 e. The van der Waals surface area contributed by atoms with Crippen LogP contribution in [0.4, 0.5) is 13.2 Å². The molecule has 0 unspecified atom stereocenters. The first-order chi connectivity index (χ1) is 10.9. The second-order valence-corrected chi connectivity index (χ2v) is 4.77. The molecule has 0 aliphatic rings. The molecule has 2 rings (SSSR count). The fourth-order valence-corrected chi connectivity index (χ4v) is 2.06. The molecule has 0 N–H and O–H groups in total. The summed E-state index contributed by atoms with van der Waals surface area (Å²) in [6.45, 7) is 0.219. The summed E-state index contributed by atoms with van der Waals surface area (Å²) in [5.41, 5.74) is -0.453. The molecule has 120 valence electrons. The number of halogens is 3. The predicted octanol–water partition coefficient (Wildman–Crippen LogP) is 4.21. The van der Waals surface area contributed by atoms with E-state index in [0.29, 0.717) is 12.2 Å². The first-order valence-corrected chi connectivity index (χ1v) is 6.81. The molecule has 3 nitrogen and oxygen atoms in total. The number of hydrogen-bond donors (Lipinski definition) is 0. The highest BCUT2D eigenvalue weighted by molar-refractivity contribution is 5.44. The molecule has 0 aromatic heterocycles. The Bertz CT molecular complexity index is 721. The van der Waals surface area contributed by atoms with Crippen LogP contribution in [0.25, 0.3) is 0 Å². The van der Waals surface area contributed by atoms with E-state index in [0.717, 1.165) is 17.7 Å². The molecule has 0 saturated carbocycles. The van der Waals surface area contributed by atoms with Crippen LogP contribution < -0.4 is 9.47 Å². The zero-order chi connectivity index (χ0) is 16.9. The maximum atomic E-state index is 12.9. The summed E-state index contributed by atoms with van der Waals surface area (Å²) in [6.07, 6.45) is -4.06. The van der Waals surface area contributed by atoms with Crippen LogP contribution >= 0.6 is 0 Å². The third-order valence-electron chi connectivity index (χ3n) is 3.21. The van der Waals surface area contributed by atoms with E-state index in [1.165, 1.54) is 12.1 Å². The lowest BCUT2D eigenvalue weighted by atomic mass is 10.1. The first kappa shape index (κ1) is 16.7. The average molecular weight is 321 g/mol. The number of ether oxygens (including phenoxy) is 2. The second-order valence-electron chi connectivity index (χ2n) is 4.77. The van der Waals surface area contributed by atoms with Gasteiger partial charge in [0.15, 0.2) is 0 Å². The van der Waals surface area contributed by atoms with Gasteiger partial charge in [-0.15, -0.1) is 0 Å². The van der Waals surface area contributed by atoms with Gasteiger partial charge in [-0.05, 0) is 35.9 Å². The fraction of sp³-hybridized carbons (Fsp3) is 0.235. The Hall–Kier alpha value is -2.68. The van der Waals surface area contributed by atoms with E-state index in [1.54, 1.807) is 13.2 Å². The summed E-state index contributed by atoms with van der Waals surface area (Å²) >= 11 is 0. The molecule has 6 heteroatoms. The van der Waals surface area contributed by atoms with Crippen molar-refractivity contribution < 1.29 is 22.6 Å². The molecule has 0 saturated heterocycles. The summed E-state index contributed by atoms with van der Waals surface area (Å²) in [7, 11) is 1.56. The molecule has 0 aliphatic carbocycles. The third kappa shape index (κ3) is 4.39. The number of nitrogens with zero attached hydrogens (tertiary/aromatic N) is 1. The Morgan fingerprint density at radius 3 is 2.52 bits per heavy atom. The van der Waals surface area contributed by atoms with E-state index < -0.39 is 17.3 Å². The average Bonchev–Trinajstić information content (AvgIpc) is 2.54. The van der Waals surface area contributed by atoms with Crippen LogP contribution in [0.15, 0.2) is 42.5 Å². The van der Waals surface area contributed by atoms with Crippen LogP contribution in [0.1, 0.15) is 16.7 Å². The van der Waals surface area contributed by atoms with E-state index in [1.807, 2.05) is 18.2 Å². The van der Waals surface area contributed by atoms with Crippen molar-refractivity contribution in [2.45, 2.75) is 12.6 Å². The monoisotopic (exact) mass is 321 g/mol. The largest absolute Gasteiger partial charge is 0.497 e. The zero-order valence-corrected chi connectivity index (χ0v) is 12.4. The number of nitriles is 1. The van der Waals surface area contributed by atoms with E-state index in [-0.39, 0.29) is 12.4 Å². The van der Waals surface area contributed by atoms with Crippen LogP contribution in [0.5, 0.6) is 11.5 Å². The van der Waals surface area contributed by atoms with Crippen molar-refractivity contribution in [2.75, 3.05) is 13.7 Å². The number of hydrogen-bond acceptors (Lipinski definition) is 3. The quantitative estimate of drug-likeness (QED) is 0.828. The Morgan fingerprint density at radius 2 is 1.87 bits per heavy atom. The van der Waals surface area contributed by atoms with Gasteiger partial charge in [-0.1, -0.05) is 12.1 Å². The van der Waals surface area contributed by atoms with Gasteiger partial charge in [0.2, 0.25) is 0 Å². The summed E-state index contributed by atoms with van der Waals surface area (Å²) < 4.78 is 49.1. The fourth-order valence-electron chi connectivity index (χ4n) is 2.06. The van der Waals surface area contributed by atoms with Crippen molar-refractivity contribution in [3.63, 3.8) is 0 Å². The van der Waals surface area contributed by atoms with Gasteiger partial charge in [0.25, 0.3) is 0 Å². The lowest BCUT2D eigenvalue weighted by molar-refractivity contribution is -0.137. The zero-order valence-electron chi connectivity index (χ0n) is 12.4. The topological polar surface area (TPSA) is 42.2 Å². The van der Waals surface area contributed by atoms with Crippen molar-refractivity contribution in [3.05, 3.63) is 59.2 Å². The minimum Gasteiger partial charge on any atom is -0.497 e. The Kier molecular flexibility index (Phi) is 5.12. The molecule has 0 heterocycles. The Balaban J connectivity index is 2.05. The van der Waals surface area contributed by atoms with Crippen molar-refractivity contribution in [1.82, 2.24) is 0 Å². The Labute approximate surface area is 131 Å². The maximum Gasteiger partial charge on any atom is 0.417 e. The predicted molar refractivity (Wildman–Crippen MR) is 78.4 cm³/mol. The van der Waals surface area contributed by atoms with Crippen LogP contribution in [-0.4, -0.2) is 13.7 Å². The molecule has 0 bridgehead atoms. The molecule has 0 fully saturated rings. The van der Waals surface area contributed by atoms with Crippen molar-refractivity contribution in [2.24, 2.45) is 0 Å². The molecule has 2 aromatic rings. The molecule has 23 heavy (non-hydrogen) atoms. The van der Waals surface area contributed by atoms with Crippen LogP contribution in [0, 0.1) is 11.3 Å². The highest BCUT2D eigenvalue weighted by Crippen LogP contribution is 2.34. The van der Waals surface area contributed by atoms with Gasteiger partial charge in [0, 0.05) is 6.42 Å². The van der Waals surface area contributed by atoms with Gasteiger partial charge in [0.05, 0.1) is 30.9 Å². The SMILES string of the molecule is COc1cccc(CCOc2ccc(C#N)c(C(F)(F)F)c2)c1. The number of rotatable bonds is 5. The summed E-state index contributed by atoms with van der Waals surface area (Å²) in [6, 6.07) is 12.2. The normalized spacial score (nSPS) is 10.9. The molecular weight excluding hydrogens is 307 g/mol. The number of methoxy groups -OCH3 is 1. The van der Waals surface area contributed by atoms with E-state index in [4.69, 9.17) is 14.7 Å². The van der Waals surface area contributed by atoms with Crippen molar-refractivity contribution in [1.29, 1.82) is 5.26 Å². The van der Waals surface area contributed by atoms with Gasteiger partial charge >= 0.3 is 6.18 Å². The van der Waals surface area contributed by atoms with Crippen LogP contribution in [0.2, 0.25) is 0 Å². The molecule has 0 spiro atoms. The third-order valence-corrected chi connectivity index (χ3v) is 3.21. The Morgan fingerprint density at radius 1 is 1.09 bits per heavy atom. The van der Waals surface area contributed by atoms with Gasteiger partial charge in [-0.3, -0.25) is 0 Å². The minimum absolute atomic E-state index is 0.0826. The van der Waals surface area contributed by atoms with Crippen LogP contribution in [-0.2, 0) is 12.6 Å². The molecule has 2 aromatic carbocycles. The molecule has 0 radical (unpaired) electrons. The first-order valence-electron chi connectivity index (χ1n) is 6.81. The molecule has 0 aliphatic heterocycles. The lowest BCUT2D eigenvalue weighted by Gasteiger charge is -2.12. The van der Waals surface area contributed by atoms with Gasteiger partial charge in [-0.25, -0.2) is 0 Å². The van der Waals surface area contributed by atoms with Gasteiger partial charge in [-0.2, -0.15) is 18.4 Å². The molecule has 0 atom stereocenters.